The van der Waals surface area contributed by atoms with Gasteiger partial charge in [-0.1, -0.05) is 25.8 Å². The van der Waals surface area contributed by atoms with Crippen LogP contribution in [0.5, 0.6) is 0 Å². The lowest BCUT2D eigenvalue weighted by atomic mass is 9.66. The van der Waals surface area contributed by atoms with Crippen LogP contribution in [0.3, 0.4) is 0 Å². The second-order valence-electron chi connectivity index (χ2n) is 5.52. The topological polar surface area (TPSA) is 38.8 Å². The number of hydrogen-bond acceptors (Lipinski definition) is 3. The Balaban J connectivity index is 1.65. The average molecular weight is 362 g/mol. The molecule has 0 aromatic heterocycles. The molecule has 4 atom stereocenters. The molecule has 3 nitrogen and oxygen atoms in total. The number of ether oxygens (including phenoxy) is 2. The Bertz CT molecular complexity index is 387. The molecule has 0 N–H and O–H groups in total. The van der Waals surface area contributed by atoms with Crippen molar-refractivity contribution in [3.05, 3.63) is 9.66 Å². The molecule has 2 bridgehead atoms. The molecule has 4 rings (SSSR count). The van der Waals surface area contributed by atoms with Gasteiger partial charge in [0.2, 0.25) is 0 Å². The Morgan fingerprint density at radius 1 is 1.56 bits per heavy atom. The third-order valence-corrected chi connectivity index (χ3v) is 5.47. The van der Waals surface area contributed by atoms with Gasteiger partial charge in [0, 0.05) is 12.5 Å². The van der Waals surface area contributed by atoms with E-state index in [0.29, 0.717) is 6.61 Å². The molecule has 1 aliphatic heterocycles. The van der Waals surface area contributed by atoms with E-state index in [-0.39, 0.29) is 23.7 Å². The molecule has 3 unspecified atom stereocenters. The Labute approximate surface area is 121 Å². The molecule has 1 saturated carbocycles. The highest BCUT2D eigenvalue weighted by Crippen LogP contribution is 2.55. The first-order valence-electron chi connectivity index (χ1n) is 6.86. The minimum absolute atomic E-state index is 0.0639. The lowest BCUT2D eigenvalue weighted by Gasteiger charge is -2.42. The Hall–Kier alpha value is 0.0600. The SMILES string of the molecule is CCCCCOC1CC2C(I)=CC1C(=O)[C@]21CO1. The highest BCUT2D eigenvalue weighted by atomic mass is 127. The van der Waals surface area contributed by atoms with Crippen molar-refractivity contribution in [2.45, 2.75) is 44.3 Å². The second kappa shape index (κ2) is 4.87. The van der Waals surface area contributed by atoms with Crippen LogP contribution >= 0.6 is 22.6 Å². The number of carbonyl (C=O) groups excluding carboxylic acids is 1. The normalized spacial score (nSPS) is 41.3. The van der Waals surface area contributed by atoms with Gasteiger partial charge >= 0.3 is 0 Å². The van der Waals surface area contributed by atoms with Crippen molar-refractivity contribution in [2.75, 3.05) is 13.2 Å². The van der Waals surface area contributed by atoms with Gasteiger partial charge in [-0.3, -0.25) is 4.79 Å². The first kappa shape index (κ1) is 13.1. The van der Waals surface area contributed by atoms with E-state index < -0.39 is 5.60 Å². The van der Waals surface area contributed by atoms with E-state index in [1.165, 1.54) is 16.4 Å². The zero-order valence-electron chi connectivity index (χ0n) is 10.7. The van der Waals surface area contributed by atoms with E-state index in [9.17, 15) is 4.79 Å². The molecule has 1 saturated heterocycles. The van der Waals surface area contributed by atoms with Crippen molar-refractivity contribution < 1.29 is 14.3 Å². The third-order valence-electron chi connectivity index (χ3n) is 4.36. The molecule has 0 aromatic carbocycles. The summed E-state index contributed by atoms with van der Waals surface area (Å²) in [6.07, 6.45) is 6.66. The smallest absolute Gasteiger partial charge is 0.177 e. The molecular formula is C14H19IO3. The van der Waals surface area contributed by atoms with Gasteiger partial charge in [0.1, 0.15) is 0 Å². The van der Waals surface area contributed by atoms with Crippen LogP contribution in [0, 0.1) is 11.8 Å². The van der Waals surface area contributed by atoms with Crippen LogP contribution in [0.2, 0.25) is 0 Å². The van der Waals surface area contributed by atoms with Crippen LogP contribution in [0.4, 0.5) is 0 Å². The zero-order valence-corrected chi connectivity index (χ0v) is 12.8. The van der Waals surface area contributed by atoms with E-state index in [0.717, 1.165) is 19.4 Å². The van der Waals surface area contributed by atoms with Crippen molar-refractivity contribution in [2.24, 2.45) is 11.8 Å². The van der Waals surface area contributed by atoms with Crippen LogP contribution in [0.25, 0.3) is 0 Å². The van der Waals surface area contributed by atoms with Crippen LogP contribution in [-0.4, -0.2) is 30.7 Å². The second-order valence-corrected chi connectivity index (χ2v) is 6.77. The highest BCUT2D eigenvalue weighted by molar-refractivity contribution is 14.1. The number of unbranched alkanes of at least 4 members (excludes halogenated alkanes) is 2. The van der Waals surface area contributed by atoms with Crippen LogP contribution in [0.1, 0.15) is 32.6 Å². The van der Waals surface area contributed by atoms with E-state index in [2.05, 4.69) is 35.6 Å². The monoisotopic (exact) mass is 362 g/mol. The number of Topliss-reactive ketones (excluding diaryl/α,β-unsaturated/α-hetero) is 1. The molecule has 0 radical (unpaired) electrons. The molecule has 2 fully saturated rings. The Morgan fingerprint density at radius 2 is 2.33 bits per heavy atom. The standard InChI is InChI=1S/C14H19IO3/c1-2-3-4-5-17-12-7-10-11(15)6-9(12)13(16)14(10)8-18-14/h6,9-10,12H,2-5,7-8H2,1H3/t9?,10?,12?,14-/m0/s1. The van der Waals surface area contributed by atoms with Gasteiger partial charge in [0.15, 0.2) is 11.4 Å². The summed E-state index contributed by atoms with van der Waals surface area (Å²) in [5.41, 5.74) is -0.445. The maximum Gasteiger partial charge on any atom is 0.177 e. The molecule has 4 aliphatic rings. The number of ketones is 1. The van der Waals surface area contributed by atoms with Gasteiger partial charge in [-0.2, -0.15) is 0 Å². The Kier molecular flexibility index (Phi) is 3.53. The highest BCUT2D eigenvalue weighted by Gasteiger charge is 2.66. The molecule has 0 aromatic rings. The summed E-state index contributed by atoms with van der Waals surface area (Å²) in [6, 6.07) is 0. The van der Waals surface area contributed by atoms with Gasteiger partial charge in [0.25, 0.3) is 0 Å². The number of fused-ring (bicyclic) bond motifs is 1. The largest absolute Gasteiger partial charge is 0.377 e. The summed E-state index contributed by atoms with van der Waals surface area (Å²) >= 11 is 2.36. The quantitative estimate of drug-likeness (QED) is 0.429. The van der Waals surface area contributed by atoms with E-state index in [4.69, 9.17) is 9.47 Å². The van der Waals surface area contributed by atoms with Crippen molar-refractivity contribution in [3.63, 3.8) is 0 Å². The van der Waals surface area contributed by atoms with E-state index in [1.807, 2.05) is 0 Å². The molecule has 0 amide bonds. The predicted molar refractivity (Wildman–Crippen MR) is 76.7 cm³/mol. The molecule has 1 heterocycles. The van der Waals surface area contributed by atoms with Crippen molar-refractivity contribution in [3.8, 4) is 0 Å². The zero-order chi connectivity index (χ0) is 12.8. The summed E-state index contributed by atoms with van der Waals surface area (Å²) in [5.74, 6) is 0.456. The summed E-state index contributed by atoms with van der Waals surface area (Å²) in [5, 5.41) is 0. The number of rotatable bonds is 5. The number of hydrogen-bond donors (Lipinski definition) is 0. The molecule has 1 spiro atoms. The molecule has 4 heteroatoms. The van der Waals surface area contributed by atoms with Crippen molar-refractivity contribution in [1.82, 2.24) is 0 Å². The maximum atomic E-state index is 12.4. The first-order chi connectivity index (χ1) is 8.69. The first-order valence-corrected chi connectivity index (χ1v) is 7.94. The molecule has 3 aliphatic carbocycles. The average Bonchev–Trinajstić information content (AvgIpc) is 3.14. The summed E-state index contributed by atoms with van der Waals surface area (Å²) < 4.78 is 12.7. The number of carbonyl (C=O) groups is 1. The van der Waals surface area contributed by atoms with Crippen molar-refractivity contribution >= 4 is 28.4 Å². The Morgan fingerprint density at radius 3 is 3.00 bits per heavy atom. The van der Waals surface area contributed by atoms with E-state index >= 15 is 0 Å². The lowest BCUT2D eigenvalue weighted by molar-refractivity contribution is -0.140. The van der Waals surface area contributed by atoms with Crippen LogP contribution in [-0.2, 0) is 14.3 Å². The van der Waals surface area contributed by atoms with Gasteiger partial charge in [0.05, 0.1) is 18.6 Å². The van der Waals surface area contributed by atoms with Gasteiger partial charge in [-0.15, -0.1) is 0 Å². The molecule has 18 heavy (non-hydrogen) atoms. The minimum atomic E-state index is -0.445. The van der Waals surface area contributed by atoms with Crippen LogP contribution < -0.4 is 0 Å². The molecular weight excluding hydrogens is 343 g/mol. The van der Waals surface area contributed by atoms with Gasteiger partial charge in [-0.05, 0) is 39.0 Å². The predicted octanol–water partition coefficient (Wildman–Crippen LogP) is 2.87. The number of epoxide rings is 1. The fourth-order valence-electron chi connectivity index (χ4n) is 3.18. The lowest BCUT2D eigenvalue weighted by Crippen LogP contribution is -2.53. The maximum absolute atomic E-state index is 12.4. The van der Waals surface area contributed by atoms with Crippen molar-refractivity contribution in [1.29, 1.82) is 0 Å². The summed E-state index contributed by atoms with van der Waals surface area (Å²) in [6.45, 7) is 3.59. The summed E-state index contributed by atoms with van der Waals surface area (Å²) in [4.78, 5) is 12.4. The minimum Gasteiger partial charge on any atom is -0.377 e. The van der Waals surface area contributed by atoms with Crippen LogP contribution in [0.15, 0.2) is 9.66 Å². The molecule has 100 valence electrons. The van der Waals surface area contributed by atoms with Gasteiger partial charge < -0.3 is 9.47 Å². The summed E-state index contributed by atoms with van der Waals surface area (Å²) in [7, 11) is 0. The fraction of sp³-hybridized carbons (Fsp3) is 0.786. The third kappa shape index (κ3) is 1.96. The fourth-order valence-corrected chi connectivity index (χ4v) is 4.32. The van der Waals surface area contributed by atoms with Gasteiger partial charge in [-0.25, -0.2) is 0 Å². The van der Waals surface area contributed by atoms with E-state index in [1.54, 1.807) is 0 Å². The number of halogens is 1.